The number of nitrogens with one attached hydrogen (secondary N) is 1. The number of anilines is 1. The Labute approximate surface area is 191 Å². The van der Waals surface area contributed by atoms with Gasteiger partial charge in [-0.15, -0.1) is 0 Å². The van der Waals surface area contributed by atoms with Crippen molar-refractivity contribution >= 4 is 48.4 Å². The maximum atomic E-state index is 12.0. The van der Waals surface area contributed by atoms with Gasteiger partial charge in [-0.1, -0.05) is 0 Å². The van der Waals surface area contributed by atoms with E-state index in [9.17, 15) is 37.7 Å². The Hall–Kier alpha value is -1.37. The van der Waals surface area contributed by atoms with E-state index in [1.54, 1.807) is 0 Å². The number of phosphoric acid groups is 4. The number of phosphoric ester groups is 2. The molecule has 2 aromatic heterocycles. The summed E-state index contributed by atoms with van der Waals surface area (Å²) in [5.74, 6) is -0.292. The highest BCUT2D eigenvalue weighted by Gasteiger charge is 2.58. The summed E-state index contributed by atoms with van der Waals surface area (Å²) >= 11 is 0. The Kier molecular flexibility index (Phi) is 6.77. The number of hydrogen-bond donors (Lipinski definition) is 7. The van der Waals surface area contributed by atoms with Gasteiger partial charge in [0.15, 0.2) is 17.4 Å². The van der Waals surface area contributed by atoms with E-state index < -0.39 is 68.0 Å². The van der Waals surface area contributed by atoms with Gasteiger partial charge in [-0.2, -0.15) is 13.6 Å². The van der Waals surface area contributed by atoms with Crippen LogP contribution in [0, 0.1) is 0 Å². The molecule has 196 valence electrons. The van der Waals surface area contributed by atoms with Gasteiger partial charge in [-0.25, -0.2) is 23.2 Å². The van der Waals surface area contributed by atoms with E-state index in [1.165, 1.54) is 0 Å². The quantitative estimate of drug-likeness (QED) is 0.179. The Morgan fingerprint density at radius 2 is 1.80 bits per heavy atom. The van der Waals surface area contributed by atoms with Gasteiger partial charge in [-0.3, -0.25) is 27.9 Å². The molecule has 4 rings (SSSR count). The highest BCUT2D eigenvalue weighted by atomic mass is 31.3. The number of imidazole rings is 1. The van der Waals surface area contributed by atoms with Crippen molar-refractivity contribution in [1.82, 2.24) is 19.5 Å². The van der Waals surface area contributed by atoms with Gasteiger partial charge < -0.3 is 34.9 Å². The van der Waals surface area contributed by atoms with Crippen LogP contribution in [0.25, 0.3) is 11.2 Å². The second-order valence-electron chi connectivity index (χ2n) is 6.84. The molecule has 2 aromatic rings. The van der Waals surface area contributed by atoms with Crippen molar-refractivity contribution in [3.8, 4) is 0 Å². The normalized spacial score (nSPS) is 32.4. The molecule has 2 saturated heterocycles. The number of rotatable bonds is 8. The van der Waals surface area contributed by atoms with Gasteiger partial charge in [0.05, 0.1) is 12.9 Å². The van der Waals surface area contributed by atoms with E-state index in [1.807, 2.05) is 0 Å². The van der Waals surface area contributed by atoms with Crippen LogP contribution >= 0.6 is 31.3 Å². The second-order valence-corrected chi connectivity index (χ2v) is 12.6. The molecule has 0 aliphatic carbocycles. The first-order valence-electron chi connectivity index (χ1n) is 8.81. The van der Waals surface area contributed by atoms with Crippen molar-refractivity contribution in [3.63, 3.8) is 0 Å². The molecule has 2 fully saturated rings. The lowest BCUT2D eigenvalue weighted by Crippen LogP contribution is -2.31. The Bertz CT molecular complexity index is 1400. The molecule has 0 aromatic carbocycles. The molecule has 0 amide bonds. The number of aromatic nitrogens is 4. The molecule has 2 aliphatic heterocycles. The van der Waals surface area contributed by atoms with Crippen LogP contribution in [0.2, 0.25) is 0 Å². The lowest BCUT2D eigenvalue weighted by molar-refractivity contribution is -0.0580. The van der Waals surface area contributed by atoms with Crippen LogP contribution in [0.4, 0.5) is 5.95 Å². The van der Waals surface area contributed by atoms with E-state index in [0.29, 0.717) is 0 Å². The van der Waals surface area contributed by atoms with Crippen molar-refractivity contribution in [3.05, 3.63) is 16.7 Å². The van der Waals surface area contributed by atoms with Crippen molar-refractivity contribution in [1.29, 1.82) is 0 Å². The minimum absolute atomic E-state index is 0.119. The summed E-state index contributed by atoms with van der Waals surface area (Å²) in [6.45, 7) is -1.01. The van der Waals surface area contributed by atoms with E-state index in [4.69, 9.17) is 29.3 Å². The third kappa shape index (κ3) is 5.97. The fourth-order valence-electron chi connectivity index (χ4n) is 3.24. The largest absolute Gasteiger partial charge is 0.490 e. The average molecular weight is 585 g/mol. The smallest absolute Gasteiger partial charge is 0.369 e. The Morgan fingerprint density at radius 1 is 1.14 bits per heavy atom. The molecule has 0 radical (unpaired) electrons. The van der Waals surface area contributed by atoms with Gasteiger partial charge in [0.25, 0.3) is 5.56 Å². The molecule has 21 nitrogen and oxygen atoms in total. The number of aromatic amines is 1. The molecular formula is C10H15N5O16P4. The van der Waals surface area contributed by atoms with Gasteiger partial charge in [0.2, 0.25) is 5.95 Å². The molecule has 25 heteroatoms. The van der Waals surface area contributed by atoms with Crippen LogP contribution in [-0.2, 0) is 45.2 Å². The summed E-state index contributed by atoms with van der Waals surface area (Å²) in [6, 6.07) is 0. The number of ether oxygens (including phenoxy) is 1. The number of fused-ring (bicyclic) bond motifs is 2. The maximum Gasteiger partial charge on any atom is 0.490 e. The molecule has 0 saturated carbocycles. The number of hydrogen-bond acceptors (Lipinski definition) is 14. The van der Waals surface area contributed by atoms with Crippen LogP contribution in [0.5, 0.6) is 0 Å². The molecule has 35 heavy (non-hydrogen) atoms. The zero-order valence-electron chi connectivity index (χ0n) is 16.5. The summed E-state index contributed by atoms with van der Waals surface area (Å²) in [4.78, 5) is 67.7. The topological polar surface area (TPSA) is 314 Å². The maximum absolute atomic E-state index is 12.0. The first kappa shape index (κ1) is 26.7. The summed E-state index contributed by atoms with van der Waals surface area (Å²) in [5, 5.41) is 0. The minimum atomic E-state index is -5.78. The van der Waals surface area contributed by atoms with Crippen LogP contribution in [0.1, 0.15) is 6.23 Å². The summed E-state index contributed by atoms with van der Waals surface area (Å²) < 4.78 is 74.4. The number of H-pyrrole nitrogens is 1. The van der Waals surface area contributed by atoms with Gasteiger partial charge in [-0.05, 0) is 0 Å². The molecule has 3 unspecified atom stereocenters. The molecule has 0 bridgehead atoms. The fourth-order valence-corrected chi connectivity index (χ4v) is 7.41. The fraction of sp³-hybridized carbons (Fsp3) is 0.500. The van der Waals surface area contributed by atoms with E-state index in [-0.39, 0.29) is 17.1 Å². The summed E-state index contributed by atoms with van der Waals surface area (Å²) in [5.41, 5.74) is 4.52. The predicted octanol–water partition coefficient (Wildman–Crippen LogP) is -1.17. The summed E-state index contributed by atoms with van der Waals surface area (Å²) in [7, 11) is -21.5. The second kappa shape index (κ2) is 8.88. The lowest BCUT2D eigenvalue weighted by Gasteiger charge is -2.20. The average Bonchev–Trinajstić information content (AvgIpc) is 3.28. The van der Waals surface area contributed by atoms with Crippen molar-refractivity contribution in [2.75, 3.05) is 12.3 Å². The Morgan fingerprint density at radius 3 is 2.46 bits per heavy atom. The SMILES string of the molecule is Nc1nc2c(ncn2[C@@H]2O[C@H](COP(=O)(O)OP(=O)(O)OP(=O)(O)O)[C@H]3OP(=O)(O)O[C@H]32)c(=O)[nH]1. The standard InChI is InChI=1S/C10H15N5O16P4/c11-10-13-7-4(8(16)14-10)12-2-15(7)9-6-5(28-34(22,23)29-6)3(27-9)1-26-33(20,21)31-35(24,25)30-32(17,18)19/h2-3,5-6,9H,1H2,(H,20,21)(H,22,23)(H,24,25)(H2,17,18,19)(H3,11,13,14,16)/t3-,5-,6-,9-/m1/s1. The monoisotopic (exact) mass is 585 g/mol. The van der Waals surface area contributed by atoms with Crippen molar-refractivity contribution in [2.24, 2.45) is 0 Å². The van der Waals surface area contributed by atoms with Crippen LogP contribution in [0.3, 0.4) is 0 Å². The molecular weight excluding hydrogens is 570 g/mol. The first-order chi connectivity index (χ1) is 16.0. The Balaban J connectivity index is 1.56. The van der Waals surface area contributed by atoms with E-state index in [2.05, 4.69) is 28.1 Å². The lowest BCUT2D eigenvalue weighted by atomic mass is 10.1. The zero-order valence-corrected chi connectivity index (χ0v) is 20.1. The van der Waals surface area contributed by atoms with Crippen molar-refractivity contribution < 1.29 is 69.7 Å². The minimum Gasteiger partial charge on any atom is -0.369 e. The van der Waals surface area contributed by atoms with Crippen LogP contribution in [-0.4, -0.2) is 68.9 Å². The number of nitrogen functional groups attached to an aromatic ring is 1. The molecule has 2 aliphatic rings. The third-order valence-electron chi connectivity index (χ3n) is 4.34. The highest BCUT2D eigenvalue weighted by Crippen LogP contribution is 2.66. The van der Waals surface area contributed by atoms with Gasteiger partial charge in [0.1, 0.15) is 18.3 Å². The molecule has 4 heterocycles. The molecule has 8 N–H and O–H groups in total. The van der Waals surface area contributed by atoms with E-state index in [0.717, 1.165) is 10.9 Å². The van der Waals surface area contributed by atoms with E-state index >= 15 is 0 Å². The number of nitrogens with two attached hydrogens (primary N) is 1. The van der Waals surface area contributed by atoms with Crippen molar-refractivity contribution in [2.45, 2.75) is 24.5 Å². The predicted molar refractivity (Wildman–Crippen MR) is 106 cm³/mol. The summed E-state index contributed by atoms with van der Waals surface area (Å²) in [6.07, 6.45) is -4.58. The third-order valence-corrected chi connectivity index (χ3v) is 9.16. The van der Waals surface area contributed by atoms with Crippen LogP contribution in [0.15, 0.2) is 11.1 Å². The molecule has 0 spiro atoms. The molecule has 7 atom stereocenters. The van der Waals surface area contributed by atoms with Gasteiger partial charge in [0, 0.05) is 0 Å². The van der Waals surface area contributed by atoms with Gasteiger partial charge >= 0.3 is 31.3 Å². The zero-order chi connectivity index (χ0) is 26.0. The first-order valence-corrected chi connectivity index (χ1v) is 14.8. The van der Waals surface area contributed by atoms with Crippen LogP contribution < -0.4 is 11.3 Å². The number of nitrogens with zero attached hydrogens (tertiary/aromatic N) is 3. The highest BCUT2D eigenvalue weighted by molar-refractivity contribution is 7.66.